The van der Waals surface area contributed by atoms with Crippen LogP contribution in [-0.4, -0.2) is 34.7 Å². The van der Waals surface area contributed by atoms with Crippen LogP contribution >= 0.6 is 11.6 Å². The van der Waals surface area contributed by atoms with Gasteiger partial charge in [0.05, 0.1) is 10.7 Å². The number of nitriles is 1. The van der Waals surface area contributed by atoms with Gasteiger partial charge in [0.1, 0.15) is 11.6 Å². The van der Waals surface area contributed by atoms with E-state index >= 15 is 0 Å². The van der Waals surface area contributed by atoms with E-state index in [1.807, 2.05) is 37.2 Å². The van der Waals surface area contributed by atoms with Gasteiger partial charge >= 0.3 is 0 Å². The number of H-pyrrole nitrogens is 1. The number of hydrogen-bond acceptors (Lipinski definition) is 6. The summed E-state index contributed by atoms with van der Waals surface area (Å²) in [5, 5.41) is 25.8. The lowest BCUT2D eigenvalue weighted by Gasteiger charge is -2.15. The van der Waals surface area contributed by atoms with Crippen LogP contribution in [0.3, 0.4) is 0 Å². The number of allylic oxidation sites excluding steroid dienone is 1. The normalized spacial score (nSPS) is 11.0. The Morgan fingerprint density at radius 1 is 1.50 bits per heavy atom. The van der Waals surface area contributed by atoms with Crippen LogP contribution < -0.4 is 10.2 Å². The molecule has 0 amide bonds. The van der Waals surface area contributed by atoms with Crippen LogP contribution in [0.4, 0.5) is 11.4 Å². The standard InChI is InChI=1S/C12H12ClN7/c1-20(2)11-4-3-9(5-10(11)13)15-7-8(6-14)12-16-18-19-17-12/h3-5,7,15H,1-2H3,(H,16,17,18,19). The molecule has 0 atom stereocenters. The highest BCUT2D eigenvalue weighted by molar-refractivity contribution is 6.33. The Morgan fingerprint density at radius 3 is 2.85 bits per heavy atom. The van der Waals surface area contributed by atoms with Gasteiger partial charge in [-0.3, -0.25) is 0 Å². The molecule has 2 N–H and O–H groups in total. The summed E-state index contributed by atoms with van der Waals surface area (Å²) in [4.78, 5) is 1.92. The second-order valence-corrected chi connectivity index (χ2v) is 4.52. The van der Waals surface area contributed by atoms with E-state index in [4.69, 9.17) is 16.9 Å². The summed E-state index contributed by atoms with van der Waals surface area (Å²) in [5.74, 6) is 0.232. The molecule has 1 aromatic carbocycles. The van der Waals surface area contributed by atoms with Crippen LogP contribution in [-0.2, 0) is 0 Å². The number of halogens is 1. The van der Waals surface area contributed by atoms with Crippen molar-refractivity contribution in [1.29, 1.82) is 5.26 Å². The Balaban J connectivity index is 2.19. The highest BCUT2D eigenvalue weighted by Gasteiger charge is 2.06. The van der Waals surface area contributed by atoms with Crippen molar-refractivity contribution in [2.24, 2.45) is 0 Å². The van der Waals surface area contributed by atoms with Gasteiger partial charge in [0.2, 0.25) is 5.82 Å². The van der Waals surface area contributed by atoms with E-state index in [1.165, 1.54) is 6.20 Å². The third-order valence-electron chi connectivity index (χ3n) is 2.52. The van der Waals surface area contributed by atoms with E-state index in [9.17, 15) is 0 Å². The number of nitrogens with one attached hydrogen (secondary N) is 2. The van der Waals surface area contributed by atoms with E-state index in [0.29, 0.717) is 5.02 Å². The maximum absolute atomic E-state index is 9.03. The van der Waals surface area contributed by atoms with Gasteiger partial charge in [-0.1, -0.05) is 11.6 Å². The molecule has 0 aliphatic carbocycles. The molecule has 20 heavy (non-hydrogen) atoms. The topological polar surface area (TPSA) is 93.5 Å². The summed E-state index contributed by atoms with van der Waals surface area (Å²) in [6, 6.07) is 7.52. The Hall–Kier alpha value is -2.59. The van der Waals surface area contributed by atoms with Gasteiger partial charge in [0.15, 0.2) is 0 Å². The highest BCUT2D eigenvalue weighted by atomic mass is 35.5. The number of aromatic amines is 1. The highest BCUT2D eigenvalue weighted by Crippen LogP contribution is 2.27. The molecule has 0 saturated carbocycles. The molecule has 7 nitrogen and oxygen atoms in total. The zero-order valence-electron chi connectivity index (χ0n) is 10.9. The van der Waals surface area contributed by atoms with Gasteiger partial charge in [-0.05, 0) is 23.4 Å². The molecular formula is C12H12ClN7. The third kappa shape index (κ3) is 3.05. The van der Waals surface area contributed by atoms with Crippen LogP contribution in [0.2, 0.25) is 5.02 Å². The number of nitrogens with zero attached hydrogens (tertiary/aromatic N) is 5. The van der Waals surface area contributed by atoms with Crippen molar-refractivity contribution in [3.05, 3.63) is 35.2 Å². The molecule has 0 aliphatic heterocycles. The van der Waals surface area contributed by atoms with Gasteiger partial charge in [-0.2, -0.15) is 10.5 Å². The lowest BCUT2D eigenvalue weighted by molar-refractivity contribution is 0.881. The van der Waals surface area contributed by atoms with E-state index in [1.54, 1.807) is 6.07 Å². The Kier molecular flexibility index (Phi) is 4.17. The van der Waals surface area contributed by atoms with Crippen LogP contribution in [0.5, 0.6) is 0 Å². The van der Waals surface area contributed by atoms with Crippen LogP contribution in [0.25, 0.3) is 5.57 Å². The fourth-order valence-electron chi connectivity index (χ4n) is 1.54. The molecule has 2 aromatic rings. The van der Waals surface area contributed by atoms with Gasteiger partial charge in [-0.15, -0.1) is 10.2 Å². The first kappa shape index (κ1) is 13.8. The van der Waals surface area contributed by atoms with Gasteiger partial charge < -0.3 is 10.2 Å². The smallest absolute Gasteiger partial charge is 0.216 e. The SMILES string of the molecule is CN(C)c1ccc(NC=C(C#N)c2nn[nH]n2)cc1Cl. The van der Waals surface area contributed by atoms with E-state index in [0.717, 1.165) is 11.4 Å². The minimum Gasteiger partial charge on any atom is -0.376 e. The van der Waals surface area contributed by atoms with Crippen molar-refractivity contribution in [2.75, 3.05) is 24.3 Å². The molecule has 0 bridgehead atoms. The quantitative estimate of drug-likeness (QED) is 0.835. The van der Waals surface area contributed by atoms with Gasteiger partial charge in [0, 0.05) is 26.0 Å². The average molecular weight is 290 g/mol. The van der Waals surface area contributed by atoms with Gasteiger partial charge in [0.25, 0.3) is 0 Å². The van der Waals surface area contributed by atoms with Gasteiger partial charge in [-0.25, -0.2) is 0 Å². The summed E-state index contributed by atoms with van der Waals surface area (Å²) < 4.78 is 0. The summed E-state index contributed by atoms with van der Waals surface area (Å²) in [6.07, 6.45) is 1.51. The number of hydrogen-bond donors (Lipinski definition) is 2. The predicted molar refractivity (Wildman–Crippen MR) is 77.2 cm³/mol. The van der Waals surface area contributed by atoms with Crippen LogP contribution in [0.1, 0.15) is 5.82 Å². The molecule has 0 unspecified atom stereocenters. The molecule has 0 radical (unpaired) electrons. The zero-order valence-corrected chi connectivity index (χ0v) is 11.7. The first-order valence-electron chi connectivity index (χ1n) is 5.69. The number of benzene rings is 1. The van der Waals surface area contributed by atoms with E-state index < -0.39 is 0 Å². The Morgan fingerprint density at radius 2 is 2.30 bits per heavy atom. The van der Waals surface area contributed by atoms with E-state index in [-0.39, 0.29) is 11.4 Å². The first-order chi connectivity index (χ1) is 9.61. The summed E-state index contributed by atoms with van der Waals surface area (Å²) >= 11 is 6.17. The Bertz CT molecular complexity index is 655. The molecule has 2 rings (SSSR count). The monoisotopic (exact) mass is 289 g/mol. The lowest BCUT2D eigenvalue weighted by atomic mass is 10.2. The fraction of sp³-hybridized carbons (Fsp3) is 0.167. The van der Waals surface area contributed by atoms with Crippen molar-refractivity contribution in [3.63, 3.8) is 0 Å². The summed E-state index contributed by atoms with van der Waals surface area (Å²) in [7, 11) is 3.83. The summed E-state index contributed by atoms with van der Waals surface area (Å²) in [5.41, 5.74) is 1.95. The maximum Gasteiger partial charge on any atom is 0.216 e. The lowest BCUT2D eigenvalue weighted by Crippen LogP contribution is -2.09. The molecule has 8 heteroatoms. The van der Waals surface area contributed by atoms with E-state index in [2.05, 4.69) is 25.9 Å². The van der Waals surface area contributed by atoms with Crippen molar-refractivity contribution >= 4 is 28.5 Å². The number of rotatable bonds is 4. The van der Waals surface area contributed by atoms with Crippen LogP contribution in [0.15, 0.2) is 24.4 Å². The van der Waals surface area contributed by atoms with Crippen molar-refractivity contribution in [2.45, 2.75) is 0 Å². The van der Waals surface area contributed by atoms with Crippen LogP contribution in [0, 0.1) is 11.3 Å². The second kappa shape index (κ2) is 6.04. The molecule has 0 saturated heterocycles. The second-order valence-electron chi connectivity index (χ2n) is 4.11. The number of anilines is 2. The first-order valence-corrected chi connectivity index (χ1v) is 6.07. The molecule has 0 aliphatic rings. The number of aromatic nitrogens is 4. The minimum absolute atomic E-state index is 0.232. The van der Waals surface area contributed by atoms with Crippen molar-refractivity contribution in [3.8, 4) is 6.07 Å². The predicted octanol–water partition coefficient (Wildman–Crippen LogP) is 1.90. The largest absolute Gasteiger partial charge is 0.376 e. The summed E-state index contributed by atoms with van der Waals surface area (Å²) in [6.45, 7) is 0. The third-order valence-corrected chi connectivity index (χ3v) is 2.82. The average Bonchev–Trinajstić information content (AvgIpc) is 2.93. The van der Waals surface area contributed by atoms with Crippen molar-refractivity contribution in [1.82, 2.24) is 20.6 Å². The molecule has 1 heterocycles. The Labute approximate surface area is 120 Å². The molecule has 0 spiro atoms. The number of tetrazole rings is 1. The molecular weight excluding hydrogens is 278 g/mol. The zero-order chi connectivity index (χ0) is 14.5. The minimum atomic E-state index is 0.232. The fourth-order valence-corrected chi connectivity index (χ4v) is 1.89. The molecule has 1 aromatic heterocycles. The maximum atomic E-state index is 9.03. The molecule has 0 fully saturated rings. The molecule has 102 valence electrons. The van der Waals surface area contributed by atoms with Crippen molar-refractivity contribution < 1.29 is 0 Å².